The molecule has 1 aromatic rings. The Balaban J connectivity index is 1.37. The van der Waals surface area contributed by atoms with Crippen LogP contribution in [0.1, 0.15) is 114 Å². The molecule has 3 rings (SSSR count). The van der Waals surface area contributed by atoms with Gasteiger partial charge in [-0.05, 0) is 67.6 Å². The van der Waals surface area contributed by atoms with Crippen LogP contribution in [-0.4, -0.2) is 12.7 Å². The van der Waals surface area contributed by atoms with E-state index in [0.29, 0.717) is 12.0 Å². The van der Waals surface area contributed by atoms with Gasteiger partial charge in [0.1, 0.15) is 5.82 Å². The average Bonchev–Trinajstić information content (AvgIpc) is 2.76. The van der Waals surface area contributed by atoms with Crippen molar-refractivity contribution in [1.82, 2.24) is 0 Å². The first-order valence-electron chi connectivity index (χ1n) is 12.5. The van der Waals surface area contributed by atoms with Crippen molar-refractivity contribution in [2.24, 2.45) is 11.8 Å². The predicted octanol–water partition coefficient (Wildman–Crippen LogP) is 8.13. The topological polar surface area (TPSA) is 9.23 Å². The summed E-state index contributed by atoms with van der Waals surface area (Å²) >= 11 is 0. The summed E-state index contributed by atoms with van der Waals surface area (Å²) in [6.07, 6.45) is 17.5. The highest BCUT2D eigenvalue weighted by Gasteiger charge is 2.27. The first-order chi connectivity index (χ1) is 14.1. The van der Waals surface area contributed by atoms with Crippen LogP contribution in [0.25, 0.3) is 0 Å². The monoisotopic (exact) mass is 402 g/mol. The highest BCUT2D eigenvalue weighted by molar-refractivity contribution is 5.35. The Bertz CT molecular complexity index is 609. The smallest absolute Gasteiger partial charge is 0.129 e. The summed E-state index contributed by atoms with van der Waals surface area (Å²) in [5, 5.41) is 0. The molecule has 1 heterocycles. The van der Waals surface area contributed by atoms with E-state index in [9.17, 15) is 4.39 Å². The second-order valence-electron chi connectivity index (χ2n) is 9.80. The Morgan fingerprint density at radius 3 is 2.24 bits per heavy atom. The lowest BCUT2D eigenvalue weighted by Crippen LogP contribution is -2.26. The van der Waals surface area contributed by atoms with E-state index in [2.05, 4.69) is 13.0 Å². The van der Waals surface area contributed by atoms with E-state index in [4.69, 9.17) is 4.74 Å². The van der Waals surface area contributed by atoms with E-state index in [1.807, 2.05) is 19.9 Å². The maximum Gasteiger partial charge on any atom is 0.129 e. The molecule has 29 heavy (non-hydrogen) atoms. The van der Waals surface area contributed by atoms with E-state index >= 15 is 0 Å². The molecule has 1 saturated heterocycles. The van der Waals surface area contributed by atoms with Crippen LogP contribution in [0.4, 0.5) is 4.39 Å². The van der Waals surface area contributed by atoms with Crippen molar-refractivity contribution in [3.8, 4) is 0 Å². The van der Waals surface area contributed by atoms with Gasteiger partial charge in [-0.15, -0.1) is 0 Å². The van der Waals surface area contributed by atoms with Gasteiger partial charge < -0.3 is 4.74 Å². The molecule has 164 valence electrons. The summed E-state index contributed by atoms with van der Waals surface area (Å²) in [6, 6.07) is 4.12. The highest BCUT2D eigenvalue weighted by Crippen LogP contribution is 2.37. The zero-order valence-corrected chi connectivity index (χ0v) is 19.1. The minimum Gasteiger partial charge on any atom is -0.378 e. The van der Waals surface area contributed by atoms with Gasteiger partial charge in [0.2, 0.25) is 0 Å². The molecule has 0 aromatic heterocycles. The Hall–Kier alpha value is -0.890. The van der Waals surface area contributed by atoms with Gasteiger partial charge in [-0.25, -0.2) is 4.39 Å². The Labute approximate surface area is 178 Å². The first-order valence-corrected chi connectivity index (χ1v) is 12.5. The van der Waals surface area contributed by atoms with Gasteiger partial charge in [0, 0.05) is 5.92 Å². The molecular weight excluding hydrogens is 359 g/mol. The van der Waals surface area contributed by atoms with Crippen LogP contribution in [0.15, 0.2) is 12.1 Å². The number of rotatable bonds is 9. The summed E-state index contributed by atoms with van der Waals surface area (Å²) in [6.45, 7) is 7.02. The standard InChI is InChI=1S/C27H43FO/c1-4-6-7-8-21-9-11-22(12-10-21)13-16-25-17-14-24(19-29-25)26-18-15-23(5-2)27(28)20(26)3/h15,18,21-22,24-25H,4-14,16-17,19H2,1-3H3. The van der Waals surface area contributed by atoms with E-state index in [-0.39, 0.29) is 5.82 Å². The number of benzene rings is 1. The van der Waals surface area contributed by atoms with Crippen LogP contribution in [0.3, 0.4) is 0 Å². The van der Waals surface area contributed by atoms with Gasteiger partial charge in [0.25, 0.3) is 0 Å². The molecule has 1 saturated carbocycles. The summed E-state index contributed by atoms with van der Waals surface area (Å²) in [7, 11) is 0. The molecular formula is C27H43FO. The van der Waals surface area contributed by atoms with Gasteiger partial charge >= 0.3 is 0 Å². The molecule has 1 aromatic carbocycles. The molecule has 0 amide bonds. The van der Waals surface area contributed by atoms with Crippen LogP contribution >= 0.6 is 0 Å². The molecule has 2 aliphatic rings. The number of aryl methyl sites for hydroxylation is 1. The van der Waals surface area contributed by atoms with Crippen molar-refractivity contribution < 1.29 is 9.13 Å². The van der Waals surface area contributed by atoms with Gasteiger partial charge in [0.15, 0.2) is 0 Å². The lowest BCUT2D eigenvalue weighted by atomic mass is 9.77. The van der Waals surface area contributed by atoms with Crippen molar-refractivity contribution in [3.05, 3.63) is 34.6 Å². The Morgan fingerprint density at radius 2 is 1.62 bits per heavy atom. The highest BCUT2D eigenvalue weighted by atomic mass is 19.1. The van der Waals surface area contributed by atoms with Crippen molar-refractivity contribution in [2.45, 2.75) is 116 Å². The van der Waals surface area contributed by atoms with Gasteiger partial charge in [-0.2, -0.15) is 0 Å². The second kappa shape index (κ2) is 11.5. The van der Waals surface area contributed by atoms with Crippen LogP contribution in [0.2, 0.25) is 0 Å². The van der Waals surface area contributed by atoms with Crippen molar-refractivity contribution in [2.75, 3.05) is 6.61 Å². The fraction of sp³-hybridized carbons (Fsp3) is 0.778. The van der Waals surface area contributed by atoms with E-state index < -0.39 is 0 Å². The maximum atomic E-state index is 14.5. The first kappa shape index (κ1) is 22.8. The largest absolute Gasteiger partial charge is 0.378 e. The third-order valence-electron chi connectivity index (χ3n) is 7.78. The van der Waals surface area contributed by atoms with Gasteiger partial charge in [-0.1, -0.05) is 77.3 Å². The lowest BCUT2D eigenvalue weighted by molar-refractivity contribution is -0.00544. The molecule has 0 bridgehead atoms. The van der Waals surface area contributed by atoms with Crippen LogP contribution in [-0.2, 0) is 11.2 Å². The summed E-state index contributed by atoms with van der Waals surface area (Å²) < 4.78 is 20.7. The third-order valence-corrected chi connectivity index (χ3v) is 7.78. The zero-order valence-electron chi connectivity index (χ0n) is 19.1. The fourth-order valence-corrected chi connectivity index (χ4v) is 5.66. The molecule has 2 fully saturated rings. The molecule has 1 aliphatic heterocycles. The Morgan fingerprint density at radius 1 is 0.897 bits per heavy atom. The third kappa shape index (κ3) is 6.29. The molecule has 1 aliphatic carbocycles. The van der Waals surface area contributed by atoms with Crippen LogP contribution < -0.4 is 0 Å². The molecule has 0 N–H and O–H groups in total. The fourth-order valence-electron chi connectivity index (χ4n) is 5.66. The zero-order chi connectivity index (χ0) is 20.6. The predicted molar refractivity (Wildman–Crippen MR) is 121 cm³/mol. The summed E-state index contributed by atoms with van der Waals surface area (Å²) in [5.74, 6) is 2.30. The molecule has 0 radical (unpaired) electrons. The summed E-state index contributed by atoms with van der Waals surface area (Å²) in [5.41, 5.74) is 2.84. The number of hydrogen-bond donors (Lipinski definition) is 0. The number of ether oxygens (including phenoxy) is 1. The number of halogens is 1. The molecule has 2 unspecified atom stereocenters. The average molecular weight is 403 g/mol. The second-order valence-corrected chi connectivity index (χ2v) is 9.80. The normalized spacial score (nSPS) is 27.9. The molecule has 1 nitrogen and oxygen atoms in total. The quantitative estimate of drug-likeness (QED) is 0.379. The number of hydrogen-bond acceptors (Lipinski definition) is 1. The van der Waals surface area contributed by atoms with Gasteiger partial charge in [-0.3, -0.25) is 0 Å². The summed E-state index contributed by atoms with van der Waals surface area (Å²) in [4.78, 5) is 0. The minimum absolute atomic E-state index is 0.00239. The minimum atomic E-state index is -0.00239. The maximum absolute atomic E-state index is 14.5. The lowest BCUT2D eigenvalue weighted by Gasteiger charge is -2.33. The van der Waals surface area contributed by atoms with Crippen molar-refractivity contribution in [1.29, 1.82) is 0 Å². The Kier molecular flexibility index (Phi) is 9.03. The van der Waals surface area contributed by atoms with Gasteiger partial charge in [0.05, 0.1) is 12.7 Å². The van der Waals surface area contributed by atoms with Crippen LogP contribution in [0.5, 0.6) is 0 Å². The molecule has 0 spiro atoms. The van der Waals surface area contributed by atoms with E-state index in [1.54, 1.807) is 0 Å². The molecule has 2 heteroatoms. The SMILES string of the molecule is CCCCCC1CCC(CCC2CCC(c3ccc(CC)c(F)c3C)CO2)CC1. The van der Waals surface area contributed by atoms with Crippen molar-refractivity contribution in [3.63, 3.8) is 0 Å². The molecule has 2 atom stereocenters. The number of unbranched alkanes of at least 4 members (excludes halogenated alkanes) is 2. The van der Waals surface area contributed by atoms with Crippen LogP contribution in [0, 0.1) is 24.6 Å². The van der Waals surface area contributed by atoms with E-state index in [1.165, 1.54) is 69.8 Å². The van der Waals surface area contributed by atoms with Crippen molar-refractivity contribution >= 4 is 0 Å². The van der Waals surface area contributed by atoms with E-state index in [0.717, 1.165) is 48.8 Å².